The SMILES string of the molecule is COc1ccc(C(=O)N2CC3CCCC3CCC2=O)cc1. The molecule has 2 atom stereocenters. The van der Waals surface area contributed by atoms with Gasteiger partial charge >= 0.3 is 0 Å². The third kappa shape index (κ3) is 2.80. The Kier molecular flexibility index (Phi) is 3.95. The number of fused-ring (bicyclic) bond motifs is 1. The molecule has 1 saturated carbocycles. The van der Waals surface area contributed by atoms with Crippen LogP contribution < -0.4 is 4.74 Å². The van der Waals surface area contributed by atoms with Crippen molar-refractivity contribution in [3.05, 3.63) is 29.8 Å². The summed E-state index contributed by atoms with van der Waals surface area (Å²) in [4.78, 5) is 26.3. The van der Waals surface area contributed by atoms with Crippen molar-refractivity contribution in [2.75, 3.05) is 13.7 Å². The molecule has 1 aromatic carbocycles. The van der Waals surface area contributed by atoms with E-state index in [2.05, 4.69) is 0 Å². The number of carbonyl (C=O) groups excluding carboxylic acids is 2. The van der Waals surface area contributed by atoms with Crippen LogP contribution in [0.25, 0.3) is 0 Å². The zero-order valence-corrected chi connectivity index (χ0v) is 12.4. The lowest BCUT2D eigenvalue weighted by atomic mass is 9.93. The molecular weight excluding hydrogens is 266 g/mol. The second-order valence-corrected chi connectivity index (χ2v) is 6.03. The largest absolute Gasteiger partial charge is 0.497 e. The van der Waals surface area contributed by atoms with E-state index in [0.29, 0.717) is 36.1 Å². The number of benzene rings is 1. The van der Waals surface area contributed by atoms with Gasteiger partial charge in [-0.15, -0.1) is 0 Å². The predicted octanol–water partition coefficient (Wildman–Crippen LogP) is 2.87. The van der Waals surface area contributed by atoms with Crippen molar-refractivity contribution in [1.82, 2.24) is 4.90 Å². The number of imide groups is 1. The minimum absolute atomic E-state index is 0.0229. The average Bonchev–Trinajstić information content (AvgIpc) is 2.91. The minimum Gasteiger partial charge on any atom is -0.497 e. The third-order valence-corrected chi connectivity index (χ3v) is 4.85. The van der Waals surface area contributed by atoms with Crippen molar-refractivity contribution in [2.45, 2.75) is 32.1 Å². The molecule has 3 rings (SSSR count). The molecule has 4 nitrogen and oxygen atoms in total. The summed E-state index contributed by atoms with van der Waals surface area (Å²) in [5.41, 5.74) is 0.556. The van der Waals surface area contributed by atoms with E-state index >= 15 is 0 Å². The van der Waals surface area contributed by atoms with E-state index in [9.17, 15) is 9.59 Å². The van der Waals surface area contributed by atoms with Gasteiger partial charge in [-0.3, -0.25) is 14.5 Å². The molecule has 1 aromatic rings. The highest BCUT2D eigenvalue weighted by molar-refractivity contribution is 6.04. The van der Waals surface area contributed by atoms with E-state index < -0.39 is 0 Å². The quantitative estimate of drug-likeness (QED) is 0.786. The first-order valence-corrected chi connectivity index (χ1v) is 7.68. The maximum Gasteiger partial charge on any atom is 0.260 e. The lowest BCUT2D eigenvalue weighted by molar-refractivity contribution is -0.128. The summed E-state index contributed by atoms with van der Waals surface area (Å²) in [6.45, 7) is 0.592. The summed E-state index contributed by atoms with van der Waals surface area (Å²) >= 11 is 0. The van der Waals surface area contributed by atoms with Gasteiger partial charge in [-0.2, -0.15) is 0 Å². The second-order valence-electron chi connectivity index (χ2n) is 6.03. The lowest BCUT2D eigenvalue weighted by Gasteiger charge is -2.23. The first-order valence-electron chi connectivity index (χ1n) is 7.68. The van der Waals surface area contributed by atoms with Crippen LogP contribution in [0.15, 0.2) is 24.3 Å². The first-order chi connectivity index (χ1) is 10.2. The Morgan fingerprint density at radius 1 is 1.14 bits per heavy atom. The number of carbonyl (C=O) groups is 2. The van der Waals surface area contributed by atoms with E-state index in [1.54, 1.807) is 31.4 Å². The average molecular weight is 287 g/mol. The van der Waals surface area contributed by atoms with Crippen LogP contribution in [0.4, 0.5) is 0 Å². The Morgan fingerprint density at radius 3 is 2.57 bits per heavy atom. The summed E-state index contributed by atoms with van der Waals surface area (Å²) in [6.07, 6.45) is 5.03. The number of hydrogen-bond acceptors (Lipinski definition) is 3. The maximum absolute atomic E-state index is 12.6. The van der Waals surface area contributed by atoms with Gasteiger partial charge in [0.2, 0.25) is 5.91 Å². The smallest absolute Gasteiger partial charge is 0.260 e. The topological polar surface area (TPSA) is 46.6 Å². The van der Waals surface area contributed by atoms with Gasteiger partial charge in [0.15, 0.2) is 0 Å². The molecule has 0 bridgehead atoms. The molecule has 1 saturated heterocycles. The van der Waals surface area contributed by atoms with Crippen molar-refractivity contribution in [3.63, 3.8) is 0 Å². The molecule has 2 unspecified atom stereocenters. The molecule has 1 heterocycles. The number of nitrogens with zero attached hydrogens (tertiary/aromatic N) is 1. The van der Waals surface area contributed by atoms with Gasteiger partial charge in [-0.1, -0.05) is 12.8 Å². The minimum atomic E-state index is -0.171. The van der Waals surface area contributed by atoms with E-state index in [1.165, 1.54) is 17.7 Å². The zero-order valence-electron chi connectivity index (χ0n) is 12.4. The molecule has 4 heteroatoms. The van der Waals surface area contributed by atoms with Gasteiger partial charge in [0, 0.05) is 18.5 Å². The molecule has 2 aliphatic rings. The fourth-order valence-corrected chi connectivity index (χ4v) is 3.60. The normalized spacial score (nSPS) is 25.4. The number of hydrogen-bond donors (Lipinski definition) is 0. The lowest BCUT2D eigenvalue weighted by Crippen LogP contribution is -2.38. The van der Waals surface area contributed by atoms with Crippen LogP contribution in [-0.4, -0.2) is 30.4 Å². The number of rotatable bonds is 2. The Balaban J connectivity index is 1.79. The zero-order chi connectivity index (χ0) is 14.8. The van der Waals surface area contributed by atoms with Crippen LogP contribution >= 0.6 is 0 Å². The van der Waals surface area contributed by atoms with Gasteiger partial charge in [0.25, 0.3) is 5.91 Å². The molecule has 0 N–H and O–H groups in total. The molecular formula is C17H21NO3. The molecule has 1 aliphatic carbocycles. The summed E-state index contributed by atoms with van der Waals surface area (Å²) < 4.78 is 5.10. The molecule has 21 heavy (non-hydrogen) atoms. The molecule has 0 aromatic heterocycles. The van der Waals surface area contributed by atoms with E-state index in [1.807, 2.05) is 0 Å². The van der Waals surface area contributed by atoms with Gasteiger partial charge in [0.1, 0.15) is 5.75 Å². The Labute approximate surface area is 125 Å². The summed E-state index contributed by atoms with van der Waals surface area (Å²) in [7, 11) is 1.59. The fourth-order valence-electron chi connectivity index (χ4n) is 3.60. The van der Waals surface area contributed by atoms with E-state index in [4.69, 9.17) is 4.74 Å². The van der Waals surface area contributed by atoms with Crippen LogP contribution in [0.1, 0.15) is 42.5 Å². The van der Waals surface area contributed by atoms with Crippen molar-refractivity contribution < 1.29 is 14.3 Å². The van der Waals surface area contributed by atoms with Crippen LogP contribution in [0, 0.1) is 11.8 Å². The predicted molar refractivity (Wildman–Crippen MR) is 79.1 cm³/mol. The number of likely N-dealkylation sites (tertiary alicyclic amines) is 1. The van der Waals surface area contributed by atoms with Crippen LogP contribution in [-0.2, 0) is 4.79 Å². The van der Waals surface area contributed by atoms with E-state index in [0.717, 1.165) is 12.8 Å². The molecule has 112 valence electrons. The highest BCUT2D eigenvalue weighted by Crippen LogP contribution is 2.38. The highest BCUT2D eigenvalue weighted by Gasteiger charge is 2.36. The molecule has 0 spiro atoms. The third-order valence-electron chi connectivity index (χ3n) is 4.85. The Morgan fingerprint density at radius 2 is 1.86 bits per heavy atom. The van der Waals surface area contributed by atoms with Gasteiger partial charge in [0.05, 0.1) is 7.11 Å². The fraction of sp³-hybridized carbons (Fsp3) is 0.529. The number of ether oxygens (including phenoxy) is 1. The Bertz CT molecular complexity index is 537. The number of methoxy groups -OCH3 is 1. The van der Waals surface area contributed by atoms with Crippen molar-refractivity contribution >= 4 is 11.8 Å². The van der Waals surface area contributed by atoms with Crippen molar-refractivity contribution in [3.8, 4) is 5.75 Å². The number of amides is 2. The maximum atomic E-state index is 12.6. The van der Waals surface area contributed by atoms with Crippen LogP contribution in [0.2, 0.25) is 0 Å². The highest BCUT2D eigenvalue weighted by atomic mass is 16.5. The first kappa shape index (κ1) is 14.1. The van der Waals surface area contributed by atoms with Crippen molar-refractivity contribution in [2.24, 2.45) is 11.8 Å². The van der Waals surface area contributed by atoms with Gasteiger partial charge < -0.3 is 4.74 Å². The summed E-state index contributed by atoms with van der Waals surface area (Å²) in [6, 6.07) is 6.97. The molecule has 2 amide bonds. The van der Waals surface area contributed by atoms with Crippen LogP contribution in [0.3, 0.4) is 0 Å². The monoisotopic (exact) mass is 287 g/mol. The van der Waals surface area contributed by atoms with Crippen molar-refractivity contribution in [1.29, 1.82) is 0 Å². The van der Waals surface area contributed by atoms with Crippen LogP contribution in [0.5, 0.6) is 5.75 Å². The molecule has 2 fully saturated rings. The molecule has 0 radical (unpaired) electrons. The van der Waals surface area contributed by atoms with Gasteiger partial charge in [-0.05, 0) is 48.9 Å². The van der Waals surface area contributed by atoms with E-state index in [-0.39, 0.29) is 11.8 Å². The molecule has 1 aliphatic heterocycles. The summed E-state index contributed by atoms with van der Waals surface area (Å²) in [5, 5.41) is 0. The summed E-state index contributed by atoms with van der Waals surface area (Å²) in [5.74, 6) is 1.64. The standard InChI is InChI=1S/C17H21NO3/c1-21-15-8-5-13(6-9-15)17(20)18-11-14-4-2-3-12(14)7-10-16(18)19/h5-6,8-9,12,14H,2-4,7,10-11H2,1H3. The second kappa shape index (κ2) is 5.88. The van der Waals surface area contributed by atoms with Gasteiger partial charge in [-0.25, -0.2) is 0 Å². The Hall–Kier alpha value is -1.84.